The van der Waals surface area contributed by atoms with E-state index in [1.54, 1.807) is 0 Å². The van der Waals surface area contributed by atoms with E-state index in [1.807, 2.05) is 24.3 Å². The molecule has 0 bridgehead atoms. The Morgan fingerprint density at radius 2 is 2.24 bits per heavy atom. The normalized spacial score (nSPS) is 8.53. The number of carbonyl (C=O) groups excluding carboxylic acids is 1. The molecule has 0 saturated carbocycles. The monoisotopic (exact) mass is 244 g/mol. The van der Waals surface area contributed by atoms with Gasteiger partial charge in [0.1, 0.15) is 0 Å². The van der Waals surface area contributed by atoms with Gasteiger partial charge in [0.15, 0.2) is 0 Å². The Balaban J connectivity index is 2.65. The molecule has 4 heteroatoms. The minimum Gasteiger partial charge on any atom is -0.355 e. The van der Waals surface area contributed by atoms with Crippen molar-refractivity contribution in [3.63, 3.8) is 0 Å². The third kappa shape index (κ3) is 5.07. The largest absolute Gasteiger partial charge is 0.355 e. The summed E-state index contributed by atoms with van der Waals surface area (Å²) in [7, 11) is 0. The minimum absolute atomic E-state index is 0.0440. The number of benzene rings is 1. The van der Waals surface area contributed by atoms with Gasteiger partial charge in [-0.2, -0.15) is 4.99 Å². The van der Waals surface area contributed by atoms with Crippen LogP contribution in [0.3, 0.4) is 0 Å². The van der Waals surface area contributed by atoms with E-state index in [0.29, 0.717) is 13.0 Å². The van der Waals surface area contributed by atoms with Crippen LogP contribution in [0.1, 0.15) is 18.9 Å². The molecule has 1 N–H and O–H groups in total. The molecule has 3 nitrogen and oxygen atoms in total. The van der Waals surface area contributed by atoms with Crippen molar-refractivity contribution in [2.75, 3.05) is 6.54 Å². The summed E-state index contributed by atoms with van der Waals surface area (Å²) >= 11 is 4.56. The van der Waals surface area contributed by atoms with E-state index in [9.17, 15) is 4.79 Å². The zero-order valence-electron chi connectivity index (χ0n) is 9.49. The molecule has 86 valence electrons. The molecule has 1 aromatic carbocycles. The van der Waals surface area contributed by atoms with Gasteiger partial charge >= 0.3 is 0 Å². The lowest BCUT2D eigenvalue weighted by Gasteiger charge is -1.96. The highest BCUT2D eigenvalue weighted by Gasteiger charge is 1.94. The van der Waals surface area contributed by atoms with E-state index < -0.39 is 0 Å². The summed E-state index contributed by atoms with van der Waals surface area (Å²) in [4.78, 5) is 14.5. The molecule has 1 rings (SSSR count). The fourth-order valence-corrected chi connectivity index (χ4v) is 1.28. The lowest BCUT2D eigenvalue weighted by atomic mass is 10.2. The SMILES string of the molecule is CC(=O)NCCC#Cc1ccccc1N=C=S. The highest BCUT2D eigenvalue weighted by molar-refractivity contribution is 7.78. The first kappa shape index (κ1) is 13.1. The van der Waals surface area contributed by atoms with Crippen molar-refractivity contribution < 1.29 is 4.79 Å². The number of hydrogen-bond donors (Lipinski definition) is 1. The van der Waals surface area contributed by atoms with Crippen LogP contribution in [0.5, 0.6) is 0 Å². The molecular weight excluding hydrogens is 232 g/mol. The summed E-state index contributed by atoms with van der Waals surface area (Å²) in [5.74, 6) is 5.92. The molecule has 17 heavy (non-hydrogen) atoms. The van der Waals surface area contributed by atoms with Crippen molar-refractivity contribution in [2.45, 2.75) is 13.3 Å². The third-order valence-electron chi connectivity index (χ3n) is 1.92. The third-order valence-corrected chi connectivity index (χ3v) is 2.01. The summed E-state index contributed by atoms with van der Waals surface area (Å²) in [5.41, 5.74) is 1.53. The molecule has 1 amide bonds. The second-order valence-electron chi connectivity index (χ2n) is 3.25. The lowest BCUT2D eigenvalue weighted by Crippen LogP contribution is -2.20. The molecule has 0 heterocycles. The average molecular weight is 244 g/mol. The second kappa shape index (κ2) is 7.34. The molecule has 0 aromatic heterocycles. The molecule has 0 spiro atoms. The van der Waals surface area contributed by atoms with Crippen molar-refractivity contribution in [1.82, 2.24) is 5.32 Å². The van der Waals surface area contributed by atoms with Crippen LogP contribution < -0.4 is 5.32 Å². The Morgan fingerprint density at radius 3 is 2.94 bits per heavy atom. The van der Waals surface area contributed by atoms with Gasteiger partial charge in [0.25, 0.3) is 0 Å². The average Bonchev–Trinajstić information content (AvgIpc) is 2.31. The molecule has 0 aliphatic rings. The van der Waals surface area contributed by atoms with Crippen LogP contribution in [-0.2, 0) is 4.79 Å². The van der Waals surface area contributed by atoms with Crippen LogP contribution >= 0.6 is 12.2 Å². The predicted octanol–water partition coefficient (Wildman–Crippen LogP) is 2.30. The number of carbonyl (C=O) groups is 1. The molecule has 0 aliphatic carbocycles. The van der Waals surface area contributed by atoms with Gasteiger partial charge in [-0.15, -0.1) is 0 Å². The van der Waals surface area contributed by atoms with E-state index in [2.05, 4.69) is 39.5 Å². The first-order valence-corrected chi connectivity index (χ1v) is 5.55. The molecule has 1 aromatic rings. The Bertz CT molecular complexity index is 508. The summed E-state index contributed by atoms with van der Waals surface area (Å²) < 4.78 is 0. The van der Waals surface area contributed by atoms with E-state index in [4.69, 9.17) is 0 Å². The van der Waals surface area contributed by atoms with Crippen LogP contribution in [0, 0.1) is 11.8 Å². The van der Waals surface area contributed by atoms with E-state index in [1.165, 1.54) is 6.92 Å². The van der Waals surface area contributed by atoms with Gasteiger partial charge in [-0.3, -0.25) is 4.79 Å². The molecular formula is C13H12N2OS. The highest BCUT2D eigenvalue weighted by atomic mass is 32.1. The maximum Gasteiger partial charge on any atom is 0.216 e. The van der Waals surface area contributed by atoms with Gasteiger partial charge < -0.3 is 5.32 Å². The van der Waals surface area contributed by atoms with Crippen LogP contribution in [-0.4, -0.2) is 17.6 Å². The number of thiocarbonyl (C=S) groups is 1. The Morgan fingerprint density at radius 1 is 1.47 bits per heavy atom. The number of aliphatic imine (C=N–C) groups is 1. The zero-order valence-corrected chi connectivity index (χ0v) is 10.3. The first-order chi connectivity index (χ1) is 8.24. The van der Waals surface area contributed by atoms with E-state index in [-0.39, 0.29) is 5.91 Å². The Kier molecular flexibility index (Phi) is 5.67. The van der Waals surface area contributed by atoms with Gasteiger partial charge in [0, 0.05) is 19.9 Å². The number of amides is 1. The summed E-state index contributed by atoms with van der Waals surface area (Å²) in [6.07, 6.45) is 0.606. The minimum atomic E-state index is -0.0440. The summed E-state index contributed by atoms with van der Waals surface area (Å²) in [6, 6.07) is 7.46. The number of rotatable bonds is 3. The number of isothiocyanates is 1. The number of nitrogens with one attached hydrogen (secondary N) is 1. The van der Waals surface area contributed by atoms with Gasteiger partial charge in [-0.05, 0) is 24.4 Å². The Labute approximate surface area is 106 Å². The van der Waals surface area contributed by atoms with Crippen molar-refractivity contribution >= 4 is 29.0 Å². The van der Waals surface area contributed by atoms with Gasteiger partial charge in [0.2, 0.25) is 5.91 Å². The maximum absolute atomic E-state index is 10.6. The maximum atomic E-state index is 10.6. The summed E-state index contributed by atoms with van der Waals surface area (Å²) in [6.45, 7) is 2.04. The van der Waals surface area contributed by atoms with E-state index in [0.717, 1.165) is 11.3 Å². The second-order valence-corrected chi connectivity index (χ2v) is 3.44. The van der Waals surface area contributed by atoms with Crippen molar-refractivity contribution in [1.29, 1.82) is 0 Å². The fraction of sp³-hybridized carbons (Fsp3) is 0.231. The van der Waals surface area contributed by atoms with Gasteiger partial charge in [-0.1, -0.05) is 24.0 Å². The van der Waals surface area contributed by atoms with E-state index >= 15 is 0 Å². The lowest BCUT2D eigenvalue weighted by molar-refractivity contribution is -0.118. The molecule has 0 saturated heterocycles. The summed E-state index contributed by atoms with van der Waals surface area (Å²) in [5, 5.41) is 5.00. The number of hydrogen-bond acceptors (Lipinski definition) is 3. The number of para-hydroxylation sites is 1. The van der Waals surface area contributed by atoms with Crippen LogP contribution in [0.15, 0.2) is 29.3 Å². The molecule has 0 radical (unpaired) electrons. The predicted molar refractivity (Wildman–Crippen MR) is 71.3 cm³/mol. The first-order valence-electron chi connectivity index (χ1n) is 5.14. The van der Waals surface area contributed by atoms with Crippen LogP contribution in [0.25, 0.3) is 0 Å². The van der Waals surface area contributed by atoms with Gasteiger partial charge in [-0.25, -0.2) is 0 Å². The zero-order chi connectivity index (χ0) is 12.5. The van der Waals surface area contributed by atoms with Crippen molar-refractivity contribution in [3.8, 4) is 11.8 Å². The fourth-order valence-electron chi connectivity index (χ4n) is 1.18. The smallest absolute Gasteiger partial charge is 0.216 e. The van der Waals surface area contributed by atoms with Crippen LogP contribution in [0.2, 0.25) is 0 Å². The number of nitrogens with zero attached hydrogens (tertiary/aromatic N) is 1. The van der Waals surface area contributed by atoms with Crippen molar-refractivity contribution in [3.05, 3.63) is 29.8 Å². The molecule has 0 atom stereocenters. The standard InChI is InChI=1S/C13H12N2OS/c1-11(16)14-9-5-4-7-12-6-2-3-8-13(12)15-10-17/h2-3,6,8H,5,9H2,1H3,(H,14,16). The van der Waals surface area contributed by atoms with Crippen molar-refractivity contribution in [2.24, 2.45) is 4.99 Å². The molecule has 0 unspecified atom stereocenters. The van der Waals surface area contributed by atoms with Gasteiger partial charge in [0.05, 0.1) is 16.4 Å². The topological polar surface area (TPSA) is 41.5 Å². The highest BCUT2D eigenvalue weighted by Crippen LogP contribution is 2.16. The quantitative estimate of drug-likeness (QED) is 0.383. The van der Waals surface area contributed by atoms with Crippen LogP contribution in [0.4, 0.5) is 5.69 Å². The molecule has 0 aliphatic heterocycles. The molecule has 0 fully saturated rings. The Hall–Kier alpha value is -1.95.